The van der Waals surface area contributed by atoms with Crippen LogP contribution in [0.4, 0.5) is 16.4 Å². The first-order chi connectivity index (χ1) is 24.3. The summed E-state index contributed by atoms with van der Waals surface area (Å²) < 4.78 is 17.1. The number of fused-ring (bicyclic) bond motifs is 1. The van der Waals surface area contributed by atoms with Crippen molar-refractivity contribution in [2.75, 3.05) is 42.9 Å². The molecular weight excluding hydrogens is 654 g/mol. The molecule has 51 heavy (non-hydrogen) atoms. The molecule has 2 aromatic heterocycles. The van der Waals surface area contributed by atoms with E-state index in [0.717, 1.165) is 49.2 Å². The number of aliphatic hydroxyl groups excluding tert-OH is 1. The molecule has 14 heteroatoms. The molecule has 0 bridgehead atoms. The van der Waals surface area contributed by atoms with Crippen LogP contribution >= 0.6 is 0 Å². The number of pyridine rings is 1. The fourth-order valence-corrected chi connectivity index (χ4v) is 6.63. The number of carbonyl (C=O) groups is 3. The summed E-state index contributed by atoms with van der Waals surface area (Å²) in [6, 6.07) is 8.57. The zero-order valence-electron chi connectivity index (χ0n) is 30.1. The van der Waals surface area contributed by atoms with Crippen molar-refractivity contribution in [3.8, 4) is 5.75 Å². The predicted molar refractivity (Wildman–Crippen MR) is 190 cm³/mol. The molecule has 6 rings (SSSR count). The molecule has 1 aromatic carbocycles. The van der Waals surface area contributed by atoms with Gasteiger partial charge in [-0.05, 0) is 88.8 Å². The maximum atomic E-state index is 13.7. The lowest BCUT2D eigenvalue weighted by Crippen LogP contribution is -2.56. The first-order valence-electron chi connectivity index (χ1n) is 17.7. The Balaban J connectivity index is 1.16. The Morgan fingerprint density at radius 3 is 2.53 bits per heavy atom. The van der Waals surface area contributed by atoms with Gasteiger partial charge in [0.05, 0.1) is 23.9 Å². The van der Waals surface area contributed by atoms with Gasteiger partial charge in [-0.25, -0.2) is 14.8 Å². The third kappa shape index (κ3) is 8.91. The quantitative estimate of drug-likeness (QED) is 0.279. The van der Waals surface area contributed by atoms with Gasteiger partial charge in [-0.1, -0.05) is 6.07 Å². The first-order valence-corrected chi connectivity index (χ1v) is 17.7. The molecule has 0 saturated carbocycles. The summed E-state index contributed by atoms with van der Waals surface area (Å²) in [5, 5.41) is 17.8. The Kier molecular flexibility index (Phi) is 10.7. The zero-order valence-corrected chi connectivity index (χ0v) is 30.1. The van der Waals surface area contributed by atoms with E-state index >= 15 is 0 Å². The molecule has 0 radical (unpaired) electrons. The van der Waals surface area contributed by atoms with Crippen LogP contribution in [0.15, 0.2) is 41.1 Å². The summed E-state index contributed by atoms with van der Waals surface area (Å²) in [7, 11) is 0. The number of piperidine rings is 1. The minimum Gasteiger partial charge on any atom is -0.486 e. The molecule has 2 saturated heterocycles. The van der Waals surface area contributed by atoms with Gasteiger partial charge in [0, 0.05) is 51.8 Å². The number of carbonyl (C=O) groups excluding carboxylic acids is 3. The summed E-state index contributed by atoms with van der Waals surface area (Å²) in [6.45, 7) is 12.0. The molecule has 3 N–H and O–H groups in total. The van der Waals surface area contributed by atoms with Crippen LogP contribution in [-0.4, -0.2) is 99.3 Å². The van der Waals surface area contributed by atoms with Crippen LogP contribution in [0.5, 0.6) is 5.75 Å². The number of likely N-dealkylation sites (tertiary alicyclic amines) is 1. The lowest BCUT2D eigenvalue weighted by atomic mass is 9.91. The summed E-state index contributed by atoms with van der Waals surface area (Å²) in [4.78, 5) is 53.3. The van der Waals surface area contributed by atoms with Crippen LogP contribution < -0.4 is 20.3 Å². The van der Waals surface area contributed by atoms with Gasteiger partial charge in [0.2, 0.25) is 5.91 Å². The molecule has 0 aliphatic carbocycles. The average Bonchev–Trinajstić information content (AvgIpc) is 3.50. The molecule has 274 valence electrons. The lowest BCUT2D eigenvalue weighted by Gasteiger charge is -2.40. The number of nitrogens with one attached hydrogen (secondary N) is 2. The molecule has 3 aliphatic heterocycles. The highest BCUT2D eigenvalue weighted by molar-refractivity contribution is 5.95. The smallest absolute Gasteiger partial charge is 0.410 e. The molecule has 0 spiro atoms. The highest BCUT2D eigenvalue weighted by Crippen LogP contribution is 2.31. The molecule has 3 aromatic rings. The van der Waals surface area contributed by atoms with Gasteiger partial charge in [0.1, 0.15) is 29.6 Å². The Morgan fingerprint density at radius 1 is 1.08 bits per heavy atom. The number of oxazole rings is 1. The van der Waals surface area contributed by atoms with Crippen molar-refractivity contribution in [3.63, 3.8) is 0 Å². The third-order valence-corrected chi connectivity index (χ3v) is 9.54. The van der Waals surface area contributed by atoms with Gasteiger partial charge < -0.3 is 39.4 Å². The summed E-state index contributed by atoms with van der Waals surface area (Å²) >= 11 is 0. The summed E-state index contributed by atoms with van der Waals surface area (Å²) in [6.07, 6.45) is 3.36. The fourth-order valence-electron chi connectivity index (χ4n) is 6.63. The zero-order chi connectivity index (χ0) is 36.3. The Hall–Kier alpha value is -4.85. The van der Waals surface area contributed by atoms with E-state index in [0.29, 0.717) is 48.2 Å². The SMILES string of the molecule is CC(=O)N1CC(Nc2cc(C(=O)NC[C@@H](O)[C@@H]3Cc4ccc(OCc5ocnc5C)cc4CN3C(=O)OC(C)(C)C)cc(N3CCCCC3)n2)C1. The fraction of sp³-hybridized carbons (Fsp3) is 0.541. The number of aliphatic hydroxyl groups is 1. The number of aromatic nitrogens is 2. The molecule has 3 aliphatic rings. The van der Waals surface area contributed by atoms with Crippen molar-refractivity contribution < 1.29 is 33.4 Å². The number of ether oxygens (including phenoxy) is 2. The van der Waals surface area contributed by atoms with Crippen LogP contribution in [0.25, 0.3) is 0 Å². The molecule has 2 atom stereocenters. The van der Waals surface area contributed by atoms with Crippen molar-refractivity contribution in [2.45, 2.75) is 97.2 Å². The minimum atomic E-state index is -1.09. The number of hydrogen-bond acceptors (Lipinski definition) is 11. The highest BCUT2D eigenvalue weighted by atomic mass is 16.6. The van der Waals surface area contributed by atoms with E-state index in [2.05, 4.69) is 20.5 Å². The van der Waals surface area contributed by atoms with Crippen LogP contribution in [0.2, 0.25) is 0 Å². The number of aryl methyl sites for hydroxylation is 1. The number of hydrogen-bond donors (Lipinski definition) is 3. The number of nitrogens with zero attached hydrogens (tertiary/aromatic N) is 5. The van der Waals surface area contributed by atoms with E-state index < -0.39 is 23.8 Å². The second kappa shape index (κ2) is 15.2. The third-order valence-electron chi connectivity index (χ3n) is 9.54. The van der Waals surface area contributed by atoms with E-state index in [1.807, 2.05) is 25.1 Å². The largest absolute Gasteiger partial charge is 0.486 e. The van der Waals surface area contributed by atoms with E-state index in [4.69, 9.17) is 18.9 Å². The van der Waals surface area contributed by atoms with Crippen molar-refractivity contribution in [1.82, 2.24) is 25.1 Å². The Morgan fingerprint density at radius 2 is 1.84 bits per heavy atom. The second-order valence-electron chi connectivity index (χ2n) is 14.6. The van der Waals surface area contributed by atoms with E-state index in [1.54, 1.807) is 44.7 Å². The van der Waals surface area contributed by atoms with Gasteiger partial charge in [0.15, 0.2) is 12.2 Å². The van der Waals surface area contributed by atoms with Crippen LogP contribution in [0.3, 0.4) is 0 Å². The van der Waals surface area contributed by atoms with E-state index in [1.165, 1.54) is 11.3 Å². The second-order valence-corrected chi connectivity index (χ2v) is 14.6. The highest BCUT2D eigenvalue weighted by Gasteiger charge is 2.37. The monoisotopic (exact) mass is 703 g/mol. The summed E-state index contributed by atoms with van der Waals surface area (Å²) in [5.74, 6) is 2.20. The number of rotatable bonds is 10. The van der Waals surface area contributed by atoms with Gasteiger partial charge in [-0.15, -0.1) is 0 Å². The van der Waals surface area contributed by atoms with Crippen molar-refractivity contribution in [1.29, 1.82) is 0 Å². The molecule has 0 unspecified atom stereocenters. The van der Waals surface area contributed by atoms with Gasteiger partial charge in [0.25, 0.3) is 5.91 Å². The predicted octanol–water partition coefficient (Wildman–Crippen LogP) is 4.04. The average molecular weight is 704 g/mol. The van der Waals surface area contributed by atoms with Gasteiger partial charge >= 0.3 is 6.09 Å². The number of amides is 3. The van der Waals surface area contributed by atoms with Crippen molar-refractivity contribution in [3.05, 3.63) is 64.9 Å². The normalized spacial score (nSPS) is 18.4. The molecule has 3 amide bonds. The van der Waals surface area contributed by atoms with E-state index in [-0.39, 0.29) is 37.6 Å². The van der Waals surface area contributed by atoms with Gasteiger partial charge in [-0.2, -0.15) is 0 Å². The summed E-state index contributed by atoms with van der Waals surface area (Å²) in [5.41, 5.74) is 2.26. The maximum absolute atomic E-state index is 13.7. The minimum absolute atomic E-state index is 0.0290. The lowest BCUT2D eigenvalue weighted by molar-refractivity contribution is -0.132. The molecule has 2 fully saturated rings. The van der Waals surface area contributed by atoms with Crippen LogP contribution in [0.1, 0.15) is 79.9 Å². The standard InChI is InChI=1S/C37H49N7O7/c1-23-32(50-22-39-23)21-49-29-10-9-25-14-30(44(18-27(25)13-29)36(48)51-37(3,4)5)31(46)17-38-35(47)26-15-33(40-28-19-43(20-28)24(2)45)41-34(16-26)42-11-7-6-8-12-42/h9-10,13,15-16,22,28,30-31,46H,6-8,11-12,14,17-21H2,1-5H3,(H,38,47)(H,40,41)/t30-,31+/m0/s1. The topological polar surface area (TPSA) is 163 Å². The Bertz CT molecular complexity index is 1730. The van der Waals surface area contributed by atoms with Crippen LogP contribution in [0, 0.1) is 6.92 Å². The molecule has 14 nitrogen and oxygen atoms in total. The van der Waals surface area contributed by atoms with Crippen molar-refractivity contribution >= 4 is 29.5 Å². The number of benzene rings is 1. The van der Waals surface area contributed by atoms with Gasteiger partial charge in [-0.3, -0.25) is 14.5 Å². The molecular formula is C37H49N7O7. The van der Waals surface area contributed by atoms with E-state index in [9.17, 15) is 19.5 Å². The number of anilines is 2. The van der Waals surface area contributed by atoms with Crippen molar-refractivity contribution in [2.24, 2.45) is 0 Å². The van der Waals surface area contributed by atoms with Crippen LogP contribution in [-0.2, 0) is 29.1 Å². The molecule has 5 heterocycles. The first kappa shape index (κ1) is 36.0. The Labute approximate surface area is 298 Å². The maximum Gasteiger partial charge on any atom is 0.410 e.